The van der Waals surface area contributed by atoms with E-state index < -0.39 is 0 Å². The molecule has 0 amide bonds. The van der Waals surface area contributed by atoms with Gasteiger partial charge < -0.3 is 14.6 Å². The Bertz CT molecular complexity index is 268. The number of nitrogens with zero attached hydrogens (tertiary/aromatic N) is 1. The third-order valence-electron chi connectivity index (χ3n) is 4.79. The van der Waals surface area contributed by atoms with Gasteiger partial charge in [0.2, 0.25) is 0 Å². The molecule has 2 heterocycles. The molecule has 0 aromatic carbocycles. The van der Waals surface area contributed by atoms with Gasteiger partial charge in [-0.25, -0.2) is 0 Å². The van der Waals surface area contributed by atoms with E-state index in [-0.39, 0.29) is 11.9 Å². The molecule has 0 aromatic rings. The average Bonchev–Trinajstić information content (AvgIpc) is 2.73. The molecule has 2 unspecified atom stereocenters. The summed E-state index contributed by atoms with van der Waals surface area (Å²) in [5.41, 5.74) is 0. The second-order valence-electron chi connectivity index (χ2n) is 5.92. The Morgan fingerprint density at radius 1 is 0.944 bits per heavy atom. The lowest BCUT2D eigenvalue weighted by Gasteiger charge is -2.42. The van der Waals surface area contributed by atoms with E-state index in [4.69, 9.17) is 9.47 Å². The molecule has 3 rings (SSSR count). The quantitative estimate of drug-likeness (QED) is 0.721. The van der Waals surface area contributed by atoms with Gasteiger partial charge in [0.1, 0.15) is 0 Å². The number of aliphatic hydroxyl groups excluding tert-OH is 1. The summed E-state index contributed by atoms with van der Waals surface area (Å²) in [6.07, 6.45) is 7.61. The minimum atomic E-state index is -0.286. The number of hydrogen-bond acceptors (Lipinski definition) is 4. The second kappa shape index (κ2) is 5.45. The van der Waals surface area contributed by atoms with Gasteiger partial charge in [0.15, 0.2) is 5.79 Å². The van der Waals surface area contributed by atoms with Crippen LogP contribution >= 0.6 is 0 Å². The highest BCUT2D eigenvalue weighted by molar-refractivity contribution is 4.89. The summed E-state index contributed by atoms with van der Waals surface area (Å²) in [6.45, 7) is 3.49. The van der Waals surface area contributed by atoms with Crippen LogP contribution in [-0.2, 0) is 9.47 Å². The SMILES string of the molecule is OC1CCCCCC1N1CCC2(CC1)OCCO2. The third-order valence-corrected chi connectivity index (χ3v) is 4.79. The molecule has 3 aliphatic rings. The van der Waals surface area contributed by atoms with E-state index in [1.807, 2.05) is 0 Å². The van der Waals surface area contributed by atoms with Crippen LogP contribution < -0.4 is 0 Å². The number of piperidine rings is 1. The summed E-state index contributed by atoms with van der Waals surface area (Å²) < 4.78 is 11.5. The van der Waals surface area contributed by atoms with Crippen LogP contribution in [0.4, 0.5) is 0 Å². The molecule has 1 aliphatic carbocycles. The van der Waals surface area contributed by atoms with Crippen molar-refractivity contribution >= 4 is 0 Å². The van der Waals surface area contributed by atoms with Crippen LogP contribution in [0.1, 0.15) is 44.9 Å². The highest BCUT2D eigenvalue weighted by atomic mass is 16.7. The largest absolute Gasteiger partial charge is 0.391 e. The van der Waals surface area contributed by atoms with Gasteiger partial charge in [0.05, 0.1) is 19.3 Å². The van der Waals surface area contributed by atoms with Crippen molar-refractivity contribution in [2.24, 2.45) is 0 Å². The molecular formula is C14H25NO3. The molecule has 0 bridgehead atoms. The molecule has 104 valence electrons. The molecule has 3 fully saturated rings. The van der Waals surface area contributed by atoms with E-state index in [1.54, 1.807) is 0 Å². The Hall–Kier alpha value is -0.160. The zero-order chi connectivity index (χ0) is 12.4. The van der Waals surface area contributed by atoms with E-state index in [9.17, 15) is 5.11 Å². The van der Waals surface area contributed by atoms with E-state index in [2.05, 4.69) is 4.90 Å². The maximum absolute atomic E-state index is 10.3. The van der Waals surface area contributed by atoms with Crippen molar-refractivity contribution in [3.8, 4) is 0 Å². The van der Waals surface area contributed by atoms with Gasteiger partial charge in [0.25, 0.3) is 0 Å². The lowest BCUT2D eigenvalue weighted by molar-refractivity contribution is -0.190. The molecule has 2 atom stereocenters. The second-order valence-corrected chi connectivity index (χ2v) is 5.92. The Labute approximate surface area is 109 Å². The van der Waals surface area contributed by atoms with Gasteiger partial charge in [-0.1, -0.05) is 19.3 Å². The fraction of sp³-hybridized carbons (Fsp3) is 1.00. The van der Waals surface area contributed by atoms with Crippen LogP contribution in [0.15, 0.2) is 0 Å². The molecule has 0 aromatic heterocycles. The lowest BCUT2D eigenvalue weighted by atomic mass is 9.97. The highest BCUT2D eigenvalue weighted by Gasteiger charge is 2.42. The van der Waals surface area contributed by atoms with Crippen molar-refractivity contribution < 1.29 is 14.6 Å². The summed E-state index contributed by atoms with van der Waals surface area (Å²) in [5.74, 6) is -0.286. The van der Waals surface area contributed by atoms with E-state index >= 15 is 0 Å². The molecule has 18 heavy (non-hydrogen) atoms. The highest BCUT2D eigenvalue weighted by Crippen LogP contribution is 2.33. The van der Waals surface area contributed by atoms with Crippen molar-refractivity contribution in [1.29, 1.82) is 0 Å². The van der Waals surface area contributed by atoms with Gasteiger partial charge in [-0.3, -0.25) is 4.90 Å². The normalized spacial score (nSPS) is 37.8. The first-order valence-electron chi connectivity index (χ1n) is 7.49. The Kier molecular flexibility index (Phi) is 3.89. The molecule has 1 saturated carbocycles. The van der Waals surface area contributed by atoms with Crippen LogP contribution in [0.2, 0.25) is 0 Å². The summed E-state index contributed by atoms with van der Waals surface area (Å²) in [4.78, 5) is 2.46. The fourth-order valence-corrected chi connectivity index (χ4v) is 3.68. The maximum atomic E-state index is 10.3. The minimum absolute atomic E-state index is 0.132. The van der Waals surface area contributed by atoms with Crippen LogP contribution in [0.25, 0.3) is 0 Å². The fourth-order valence-electron chi connectivity index (χ4n) is 3.68. The van der Waals surface area contributed by atoms with Crippen molar-refractivity contribution in [1.82, 2.24) is 4.90 Å². The van der Waals surface area contributed by atoms with Crippen molar-refractivity contribution in [3.05, 3.63) is 0 Å². The van der Waals surface area contributed by atoms with Gasteiger partial charge in [-0.2, -0.15) is 0 Å². The van der Waals surface area contributed by atoms with Gasteiger partial charge in [0, 0.05) is 32.0 Å². The molecule has 0 radical (unpaired) electrons. The number of aliphatic hydroxyl groups is 1. The first-order valence-corrected chi connectivity index (χ1v) is 7.49. The topological polar surface area (TPSA) is 41.9 Å². The Balaban J connectivity index is 1.57. The number of hydrogen-bond donors (Lipinski definition) is 1. The van der Waals surface area contributed by atoms with Crippen LogP contribution in [0, 0.1) is 0 Å². The monoisotopic (exact) mass is 255 g/mol. The first kappa shape index (κ1) is 12.9. The number of likely N-dealkylation sites (tertiary alicyclic amines) is 1. The average molecular weight is 255 g/mol. The van der Waals surface area contributed by atoms with Crippen molar-refractivity contribution in [2.45, 2.75) is 62.9 Å². The Morgan fingerprint density at radius 2 is 1.61 bits per heavy atom. The van der Waals surface area contributed by atoms with Crippen molar-refractivity contribution in [2.75, 3.05) is 26.3 Å². The number of ether oxygens (including phenoxy) is 2. The molecule has 4 heteroatoms. The van der Waals surface area contributed by atoms with Gasteiger partial charge in [-0.05, 0) is 12.8 Å². The molecule has 2 saturated heterocycles. The summed E-state index contributed by atoms with van der Waals surface area (Å²) in [5, 5.41) is 10.3. The maximum Gasteiger partial charge on any atom is 0.170 e. The minimum Gasteiger partial charge on any atom is -0.391 e. The molecule has 1 N–H and O–H groups in total. The first-order chi connectivity index (χ1) is 8.79. The van der Waals surface area contributed by atoms with E-state index in [1.165, 1.54) is 19.3 Å². The van der Waals surface area contributed by atoms with E-state index in [0.29, 0.717) is 6.04 Å². The predicted molar refractivity (Wildman–Crippen MR) is 68.3 cm³/mol. The van der Waals surface area contributed by atoms with Crippen LogP contribution in [0.5, 0.6) is 0 Å². The summed E-state index contributed by atoms with van der Waals surface area (Å²) >= 11 is 0. The van der Waals surface area contributed by atoms with E-state index in [0.717, 1.165) is 52.0 Å². The van der Waals surface area contributed by atoms with Gasteiger partial charge in [-0.15, -0.1) is 0 Å². The standard InChI is InChI=1S/C14H25NO3/c16-13-5-3-1-2-4-12(13)15-8-6-14(7-9-15)17-10-11-18-14/h12-13,16H,1-11H2. The van der Waals surface area contributed by atoms with Gasteiger partial charge >= 0.3 is 0 Å². The number of rotatable bonds is 1. The van der Waals surface area contributed by atoms with Crippen LogP contribution in [0.3, 0.4) is 0 Å². The molecule has 1 spiro atoms. The zero-order valence-electron chi connectivity index (χ0n) is 11.1. The zero-order valence-corrected chi connectivity index (χ0v) is 11.1. The summed E-state index contributed by atoms with van der Waals surface area (Å²) in [6, 6.07) is 0.367. The lowest BCUT2D eigenvalue weighted by Crippen LogP contribution is -2.52. The molecule has 4 nitrogen and oxygen atoms in total. The molecular weight excluding hydrogens is 230 g/mol. The Morgan fingerprint density at radius 3 is 2.33 bits per heavy atom. The predicted octanol–water partition coefficient (Wildman–Crippen LogP) is 1.52. The smallest absolute Gasteiger partial charge is 0.170 e. The van der Waals surface area contributed by atoms with Crippen LogP contribution in [-0.4, -0.2) is 54.2 Å². The molecule has 2 aliphatic heterocycles. The third kappa shape index (κ3) is 2.57. The van der Waals surface area contributed by atoms with Crippen molar-refractivity contribution in [3.63, 3.8) is 0 Å². The summed E-state index contributed by atoms with van der Waals surface area (Å²) in [7, 11) is 0.